The molecule has 0 saturated carbocycles. The molecule has 0 aromatic heterocycles. The zero-order valence-corrected chi connectivity index (χ0v) is 42.5. The van der Waals surface area contributed by atoms with Gasteiger partial charge in [-0.2, -0.15) is 0 Å². The van der Waals surface area contributed by atoms with Crippen LogP contribution in [0.5, 0.6) is 0 Å². The number of ether oxygens (including phenoxy) is 2. The van der Waals surface area contributed by atoms with Gasteiger partial charge in [0, 0.05) is 18.9 Å². The normalized spacial score (nSPS) is 14.3. The van der Waals surface area contributed by atoms with E-state index in [-0.39, 0.29) is 24.1 Å². The number of allylic oxidation sites excluding steroid dienone is 8. The minimum atomic E-state index is -0.00706. The maximum absolute atomic E-state index is 13.0. The number of nitrogens with zero attached hydrogens (tertiary/aromatic N) is 2. The molecule has 0 amide bonds. The quantitative estimate of drug-likeness (QED) is 0.0345. The van der Waals surface area contributed by atoms with Crippen molar-refractivity contribution in [1.29, 1.82) is 0 Å². The molecule has 0 N–H and O–H groups in total. The third-order valence-electron chi connectivity index (χ3n) is 12.9. The van der Waals surface area contributed by atoms with Gasteiger partial charge in [-0.3, -0.25) is 9.59 Å². The lowest BCUT2D eigenvalue weighted by molar-refractivity contribution is -0.150. The van der Waals surface area contributed by atoms with E-state index in [1.807, 2.05) is 0 Å². The van der Waals surface area contributed by atoms with Gasteiger partial charge in [-0.05, 0) is 162 Å². The van der Waals surface area contributed by atoms with Crippen LogP contribution in [0.1, 0.15) is 252 Å². The van der Waals surface area contributed by atoms with Crippen LogP contribution in [-0.2, 0) is 19.1 Å². The second kappa shape index (κ2) is 45.0. The van der Waals surface area contributed by atoms with E-state index in [4.69, 9.17) is 9.47 Å². The molecule has 1 heterocycles. The molecule has 63 heavy (non-hydrogen) atoms. The molecule has 0 radical (unpaired) electrons. The summed E-state index contributed by atoms with van der Waals surface area (Å²) in [5, 5.41) is 0. The molecular formula is C57H104N2O4. The highest BCUT2D eigenvalue weighted by atomic mass is 16.5. The van der Waals surface area contributed by atoms with Gasteiger partial charge in [0.2, 0.25) is 0 Å². The van der Waals surface area contributed by atoms with Gasteiger partial charge in [-0.15, -0.1) is 0 Å². The van der Waals surface area contributed by atoms with E-state index in [1.165, 1.54) is 129 Å². The smallest absolute Gasteiger partial charge is 0.306 e. The summed E-state index contributed by atoms with van der Waals surface area (Å²) in [4.78, 5) is 31.1. The number of unbranched alkanes of at least 4 members (excludes halogenated alkanes) is 17. The van der Waals surface area contributed by atoms with Crippen LogP contribution in [0.25, 0.3) is 0 Å². The fraction of sp³-hybridized carbons (Fsp3) is 0.825. The summed E-state index contributed by atoms with van der Waals surface area (Å²) in [6, 6.07) is 0.687. The van der Waals surface area contributed by atoms with Crippen molar-refractivity contribution in [2.75, 3.05) is 33.2 Å². The summed E-state index contributed by atoms with van der Waals surface area (Å²) in [5.41, 5.74) is 0. The van der Waals surface area contributed by atoms with Crippen molar-refractivity contribution in [3.8, 4) is 0 Å². The van der Waals surface area contributed by atoms with E-state index in [9.17, 15) is 9.59 Å². The number of hydrogen-bond donors (Lipinski definition) is 0. The van der Waals surface area contributed by atoms with Gasteiger partial charge in [-0.25, -0.2) is 0 Å². The van der Waals surface area contributed by atoms with Gasteiger partial charge in [0.05, 0.1) is 0 Å². The minimum Gasteiger partial charge on any atom is -0.462 e. The molecule has 1 rings (SSSR count). The molecule has 1 aliphatic rings. The lowest BCUT2D eigenvalue weighted by Gasteiger charge is -2.37. The van der Waals surface area contributed by atoms with Crippen molar-refractivity contribution in [1.82, 2.24) is 9.80 Å². The largest absolute Gasteiger partial charge is 0.462 e. The summed E-state index contributed by atoms with van der Waals surface area (Å²) in [7, 11) is 2.25. The number of carbonyl (C=O) groups excluding carboxylic acids is 2. The van der Waals surface area contributed by atoms with Crippen molar-refractivity contribution in [2.24, 2.45) is 0 Å². The standard InChI is InChI=1S/C57H104N2O4/c1-6-10-14-18-22-27-35-43-55(44-36-28-23-19-15-11-7-2)63-57(61)46-38-30-32-40-50-59(53-47-51-58(5)52-48-53)49-39-31-24-29-37-45-56(60)62-54(41-33-25-20-16-12-8-3)42-34-26-21-17-13-9-4/h20-23,25-28,53-55H,6-19,24,29-52H2,1-5H3/b25-20-,26-21-,27-22-,28-23-. The van der Waals surface area contributed by atoms with Crippen LogP contribution in [0.3, 0.4) is 0 Å². The monoisotopic (exact) mass is 881 g/mol. The maximum atomic E-state index is 13.0. The number of carbonyl (C=O) groups is 2. The Morgan fingerprint density at radius 1 is 0.460 bits per heavy atom. The zero-order chi connectivity index (χ0) is 45.7. The fourth-order valence-electron chi connectivity index (χ4n) is 8.64. The van der Waals surface area contributed by atoms with Crippen LogP contribution in [0, 0.1) is 0 Å². The molecule has 0 unspecified atom stereocenters. The molecule has 0 atom stereocenters. The lowest BCUT2D eigenvalue weighted by atomic mass is 10.0. The highest BCUT2D eigenvalue weighted by Crippen LogP contribution is 2.20. The first-order valence-corrected chi connectivity index (χ1v) is 27.3. The number of piperidine rings is 1. The van der Waals surface area contributed by atoms with Crippen molar-refractivity contribution < 1.29 is 19.1 Å². The van der Waals surface area contributed by atoms with Gasteiger partial charge >= 0.3 is 11.9 Å². The first kappa shape index (κ1) is 58.8. The third kappa shape index (κ3) is 37.7. The Bertz CT molecular complexity index is 1090. The van der Waals surface area contributed by atoms with Crippen molar-refractivity contribution in [3.05, 3.63) is 48.6 Å². The molecule has 6 heteroatoms. The van der Waals surface area contributed by atoms with Crippen LogP contribution in [0.4, 0.5) is 0 Å². The average molecular weight is 881 g/mol. The van der Waals surface area contributed by atoms with Crippen LogP contribution in [-0.4, -0.2) is 73.2 Å². The van der Waals surface area contributed by atoms with Gasteiger partial charge in [0.1, 0.15) is 12.2 Å². The van der Waals surface area contributed by atoms with Crippen LogP contribution >= 0.6 is 0 Å². The zero-order valence-electron chi connectivity index (χ0n) is 42.5. The predicted molar refractivity (Wildman–Crippen MR) is 273 cm³/mol. The average Bonchev–Trinajstić information content (AvgIpc) is 3.28. The molecule has 6 nitrogen and oxygen atoms in total. The summed E-state index contributed by atoms with van der Waals surface area (Å²) in [6.07, 6.45) is 57.0. The molecule has 0 aliphatic carbocycles. The van der Waals surface area contributed by atoms with Crippen molar-refractivity contribution in [3.63, 3.8) is 0 Å². The summed E-state index contributed by atoms with van der Waals surface area (Å²) in [6.45, 7) is 13.7. The van der Waals surface area contributed by atoms with Crippen molar-refractivity contribution >= 4 is 11.9 Å². The van der Waals surface area contributed by atoms with Crippen LogP contribution < -0.4 is 0 Å². The second-order valence-electron chi connectivity index (χ2n) is 18.9. The predicted octanol–water partition coefficient (Wildman–Crippen LogP) is 16.4. The SMILES string of the molecule is CCCC/C=C\CCC(CC/C=C\CCCC)OC(=O)CCCCCCCN(CCCCCCC(=O)OC(CC/C=C\CCCCC)CC/C=C\CCCCC)C1CCN(C)CC1. The molecule has 0 spiro atoms. The summed E-state index contributed by atoms with van der Waals surface area (Å²) >= 11 is 0. The van der Waals surface area contributed by atoms with Gasteiger partial charge in [0.25, 0.3) is 0 Å². The number of hydrogen-bond acceptors (Lipinski definition) is 6. The van der Waals surface area contributed by atoms with E-state index >= 15 is 0 Å². The maximum Gasteiger partial charge on any atom is 0.306 e. The van der Waals surface area contributed by atoms with Crippen LogP contribution in [0.15, 0.2) is 48.6 Å². The third-order valence-corrected chi connectivity index (χ3v) is 12.9. The van der Waals surface area contributed by atoms with Crippen LogP contribution in [0.2, 0.25) is 0 Å². The Morgan fingerprint density at radius 3 is 1.17 bits per heavy atom. The number of rotatable bonds is 44. The second-order valence-corrected chi connectivity index (χ2v) is 18.9. The van der Waals surface area contributed by atoms with E-state index in [0.717, 1.165) is 109 Å². The lowest BCUT2D eigenvalue weighted by Crippen LogP contribution is -2.44. The number of esters is 2. The molecule has 0 bridgehead atoms. The summed E-state index contributed by atoms with van der Waals surface area (Å²) in [5.74, 6) is -0.0115. The Labute approximate surface area is 391 Å². The fourth-order valence-corrected chi connectivity index (χ4v) is 8.64. The molecule has 1 aliphatic heterocycles. The number of likely N-dealkylation sites (tertiary alicyclic amines) is 1. The highest BCUT2D eigenvalue weighted by Gasteiger charge is 2.23. The highest BCUT2D eigenvalue weighted by molar-refractivity contribution is 5.69. The van der Waals surface area contributed by atoms with Gasteiger partial charge in [-0.1, -0.05) is 160 Å². The summed E-state index contributed by atoms with van der Waals surface area (Å²) < 4.78 is 12.1. The van der Waals surface area contributed by atoms with Gasteiger partial charge < -0.3 is 19.3 Å². The van der Waals surface area contributed by atoms with Gasteiger partial charge in [0.15, 0.2) is 0 Å². The Hall–Kier alpha value is -2.18. The van der Waals surface area contributed by atoms with Crippen molar-refractivity contribution in [2.45, 2.75) is 271 Å². The molecule has 1 saturated heterocycles. The molecular weight excluding hydrogens is 777 g/mol. The van der Waals surface area contributed by atoms with E-state index in [0.29, 0.717) is 18.9 Å². The minimum absolute atomic E-state index is 0.00444. The van der Waals surface area contributed by atoms with E-state index in [2.05, 4.69) is 93.2 Å². The van der Waals surface area contributed by atoms with E-state index < -0.39 is 0 Å². The first-order valence-electron chi connectivity index (χ1n) is 27.3. The van der Waals surface area contributed by atoms with E-state index in [1.54, 1.807) is 0 Å². The Morgan fingerprint density at radius 2 is 0.794 bits per heavy atom. The Balaban J connectivity index is 2.44. The molecule has 0 aromatic carbocycles. The molecule has 0 aromatic rings. The molecule has 366 valence electrons. The molecule has 1 fully saturated rings. The first-order chi connectivity index (χ1) is 30.9. The topological polar surface area (TPSA) is 59.1 Å². The Kier molecular flexibility index (Phi) is 42.0.